The Morgan fingerprint density at radius 3 is 2.67 bits per heavy atom. The topological polar surface area (TPSA) is 63.2 Å². The van der Waals surface area contributed by atoms with Crippen molar-refractivity contribution in [2.75, 3.05) is 0 Å². The van der Waals surface area contributed by atoms with Crippen molar-refractivity contribution in [3.05, 3.63) is 42.0 Å². The second-order valence-corrected chi connectivity index (χ2v) is 10.6. The third kappa shape index (κ3) is 3.11. The molecule has 2 bridgehead atoms. The Balaban J connectivity index is 1.51. The van der Waals surface area contributed by atoms with E-state index in [1.807, 2.05) is 31.2 Å². The second kappa shape index (κ2) is 7.51. The van der Waals surface area contributed by atoms with Crippen LogP contribution >= 0.6 is 0 Å². The summed E-state index contributed by atoms with van der Waals surface area (Å²) >= 11 is 0. The average Bonchev–Trinajstić information content (AvgIpc) is 3.02. The van der Waals surface area contributed by atoms with E-state index in [0.717, 1.165) is 42.0 Å². The number of hydrogen-bond acceptors (Lipinski definition) is 6. The van der Waals surface area contributed by atoms with Gasteiger partial charge < -0.3 is 14.2 Å². The van der Waals surface area contributed by atoms with Crippen LogP contribution in [0.5, 0.6) is 5.75 Å². The van der Waals surface area contributed by atoms with Gasteiger partial charge in [0.15, 0.2) is 11.9 Å². The van der Waals surface area contributed by atoms with E-state index in [9.17, 15) is 4.79 Å². The normalized spacial score (nSPS) is 41.9. The summed E-state index contributed by atoms with van der Waals surface area (Å²) in [5, 5.41) is 2.12. The summed E-state index contributed by atoms with van der Waals surface area (Å²) in [5.74, 6) is 0.539. The predicted molar refractivity (Wildman–Crippen MR) is 121 cm³/mol. The van der Waals surface area contributed by atoms with E-state index in [-0.39, 0.29) is 23.9 Å². The third-order valence-electron chi connectivity index (χ3n) is 8.63. The van der Waals surface area contributed by atoms with Crippen LogP contribution in [0.4, 0.5) is 0 Å². The first-order valence-electron chi connectivity index (χ1n) is 12.2. The van der Waals surface area contributed by atoms with Gasteiger partial charge in [0.2, 0.25) is 5.79 Å². The van der Waals surface area contributed by atoms with Gasteiger partial charge in [-0.25, -0.2) is 9.78 Å². The van der Waals surface area contributed by atoms with Gasteiger partial charge in [-0.3, -0.25) is 4.79 Å². The molecule has 6 heteroatoms. The lowest BCUT2D eigenvalue weighted by molar-refractivity contribution is -0.571. The van der Waals surface area contributed by atoms with E-state index in [0.29, 0.717) is 17.6 Å². The summed E-state index contributed by atoms with van der Waals surface area (Å²) in [7, 11) is 0. The molecule has 1 saturated carbocycles. The Labute approximate surface area is 194 Å². The van der Waals surface area contributed by atoms with Crippen molar-refractivity contribution in [1.82, 2.24) is 0 Å². The summed E-state index contributed by atoms with van der Waals surface area (Å²) < 4.78 is 19.1. The highest BCUT2D eigenvalue weighted by Crippen LogP contribution is 2.63. The molecular formula is C27H32O6. The molecule has 0 radical (unpaired) electrons. The molecule has 0 N–H and O–H groups in total. The molecule has 1 aliphatic carbocycles. The van der Waals surface area contributed by atoms with Crippen molar-refractivity contribution >= 4 is 16.7 Å². The molecule has 5 aliphatic rings. The molecule has 0 aromatic heterocycles. The fourth-order valence-corrected chi connectivity index (χ4v) is 7.05. The molecule has 33 heavy (non-hydrogen) atoms. The largest absolute Gasteiger partial charge is 0.426 e. The van der Waals surface area contributed by atoms with Crippen molar-refractivity contribution in [3.8, 4) is 5.75 Å². The Morgan fingerprint density at radius 2 is 1.85 bits per heavy atom. The molecule has 0 unspecified atom stereocenters. The highest BCUT2D eigenvalue weighted by Gasteiger charge is 2.69. The molecule has 4 aliphatic heterocycles. The second-order valence-electron chi connectivity index (χ2n) is 10.6. The fraction of sp³-hybridized carbons (Fsp3) is 0.593. The molecule has 8 atom stereocenters. The Bertz CT molecular complexity index is 1100. The average molecular weight is 453 g/mol. The first-order chi connectivity index (χ1) is 15.8. The quantitative estimate of drug-likeness (QED) is 0.331. The number of rotatable bonds is 2. The van der Waals surface area contributed by atoms with E-state index in [4.69, 9.17) is 24.0 Å². The van der Waals surface area contributed by atoms with Gasteiger partial charge in [-0.15, -0.1) is 0 Å². The zero-order valence-corrected chi connectivity index (χ0v) is 19.7. The summed E-state index contributed by atoms with van der Waals surface area (Å²) in [6.07, 6.45) is 3.11. The molecule has 0 amide bonds. The van der Waals surface area contributed by atoms with Crippen molar-refractivity contribution in [1.29, 1.82) is 0 Å². The maximum atomic E-state index is 12.0. The van der Waals surface area contributed by atoms with Crippen LogP contribution in [0.1, 0.15) is 65.0 Å². The van der Waals surface area contributed by atoms with Gasteiger partial charge in [0.1, 0.15) is 5.75 Å². The van der Waals surface area contributed by atoms with Gasteiger partial charge >= 0.3 is 5.97 Å². The third-order valence-corrected chi connectivity index (χ3v) is 8.63. The maximum absolute atomic E-state index is 12.0. The van der Waals surface area contributed by atoms with Crippen LogP contribution in [0, 0.1) is 23.7 Å². The Morgan fingerprint density at radius 1 is 1.03 bits per heavy atom. The van der Waals surface area contributed by atoms with Gasteiger partial charge in [-0.2, -0.15) is 0 Å². The molecule has 7 rings (SSSR count). The molecule has 2 aromatic rings. The lowest BCUT2D eigenvalue weighted by Crippen LogP contribution is -2.69. The fourth-order valence-electron chi connectivity index (χ4n) is 7.05. The minimum Gasteiger partial charge on any atom is -0.426 e. The smallest absolute Gasteiger partial charge is 0.308 e. The molecule has 6 nitrogen and oxygen atoms in total. The summed E-state index contributed by atoms with van der Waals surface area (Å²) in [6, 6.07) is 12.1. The standard InChI is InChI=1S/C27H32O6/c1-15-9-11-21-16(2)24(30-25-27(21)20(15)13-14-26(4,31-25)32-33-27)23-19-8-6-5-7-18(19)10-12-22(23)29-17(3)28/h5-8,10,12,15-16,20-21,24-25H,9,11,13-14H2,1-4H3/t15-,16-,20+,21+,24-,25-,26-,27-/m1/s1. The van der Waals surface area contributed by atoms with Gasteiger partial charge in [-0.05, 0) is 60.8 Å². The van der Waals surface area contributed by atoms with Gasteiger partial charge in [0, 0.05) is 24.8 Å². The first-order valence-corrected chi connectivity index (χ1v) is 12.2. The minimum absolute atomic E-state index is 0.117. The van der Waals surface area contributed by atoms with Crippen LogP contribution in [0.15, 0.2) is 36.4 Å². The number of fused-ring (bicyclic) bond motifs is 3. The minimum atomic E-state index is -0.819. The molecule has 1 spiro atoms. The highest BCUT2D eigenvalue weighted by molar-refractivity contribution is 5.89. The Kier molecular flexibility index (Phi) is 4.90. The van der Waals surface area contributed by atoms with E-state index >= 15 is 0 Å². The molecule has 5 fully saturated rings. The predicted octanol–water partition coefficient (Wildman–Crippen LogP) is 5.69. The summed E-state index contributed by atoms with van der Waals surface area (Å²) in [4.78, 5) is 24.2. The highest BCUT2D eigenvalue weighted by atomic mass is 17.3. The van der Waals surface area contributed by atoms with E-state index in [1.54, 1.807) is 0 Å². The zero-order chi connectivity index (χ0) is 23.0. The van der Waals surface area contributed by atoms with E-state index < -0.39 is 17.7 Å². The molecule has 4 heterocycles. The van der Waals surface area contributed by atoms with Gasteiger partial charge in [-0.1, -0.05) is 44.2 Å². The Hall–Kier alpha value is -1.99. The number of esters is 1. The van der Waals surface area contributed by atoms with Crippen LogP contribution in [0.3, 0.4) is 0 Å². The number of hydrogen-bond donors (Lipinski definition) is 0. The number of carbonyl (C=O) groups is 1. The zero-order valence-electron chi connectivity index (χ0n) is 19.7. The van der Waals surface area contributed by atoms with Crippen molar-refractivity contribution in [2.45, 2.75) is 77.2 Å². The monoisotopic (exact) mass is 452 g/mol. The lowest BCUT2D eigenvalue weighted by atomic mass is 9.57. The van der Waals surface area contributed by atoms with Crippen molar-refractivity contribution in [3.63, 3.8) is 0 Å². The number of ether oxygens (including phenoxy) is 3. The van der Waals surface area contributed by atoms with Gasteiger partial charge in [0.25, 0.3) is 0 Å². The van der Waals surface area contributed by atoms with Crippen molar-refractivity contribution < 1.29 is 28.8 Å². The van der Waals surface area contributed by atoms with Crippen molar-refractivity contribution in [2.24, 2.45) is 23.7 Å². The molecule has 2 aromatic carbocycles. The van der Waals surface area contributed by atoms with E-state index in [2.05, 4.69) is 26.0 Å². The molecule has 4 saturated heterocycles. The SMILES string of the molecule is CC(=O)Oc1ccc2ccccc2c1[C@@H]1O[C@@H]2O[C@@]3(C)CC[C@H]4[C@H](C)CC[C@@H]([C@H]1C)[C@@]24OO3. The lowest BCUT2D eigenvalue weighted by Gasteiger charge is -2.60. The molecule has 176 valence electrons. The maximum Gasteiger partial charge on any atom is 0.308 e. The van der Waals surface area contributed by atoms with E-state index in [1.165, 1.54) is 6.92 Å². The number of carbonyl (C=O) groups excluding carboxylic acids is 1. The first kappa shape index (κ1) is 21.5. The van der Waals surface area contributed by atoms with Crippen LogP contribution in [0.25, 0.3) is 10.8 Å². The summed E-state index contributed by atoms with van der Waals surface area (Å²) in [6.45, 7) is 7.92. The number of benzene rings is 2. The van der Waals surface area contributed by atoms with Crippen LogP contribution in [-0.4, -0.2) is 23.6 Å². The van der Waals surface area contributed by atoms with Crippen LogP contribution in [-0.2, 0) is 24.0 Å². The van der Waals surface area contributed by atoms with Gasteiger partial charge in [0.05, 0.1) is 6.10 Å². The van der Waals surface area contributed by atoms with Crippen LogP contribution < -0.4 is 4.74 Å². The molecular weight excluding hydrogens is 420 g/mol. The summed E-state index contributed by atoms with van der Waals surface area (Å²) in [5.41, 5.74) is 0.297. The van der Waals surface area contributed by atoms with Crippen LogP contribution in [0.2, 0.25) is 0 Å².